The molecule has 0 radical (unpaired) electrons. The van der Waals surface area contributed by atoms with E-state index in [1.54, 1.807) is 60.7 Å². The van der Waals surface area contributed by atoms with Gasteiger partial charge in [-0.3, -0.25) is 0 Å². The SMILES string of the molecule is CC(C)c1cccc(C(C)C)c1N1C(=O)c2cc([Se]c3ccc(NS(=O)(=O)O)cc3-c3ccc(NS(=O)(=O)O)cc3)c3c4c([Se]c5ccc(NS(=O)(=O)O)cc5-c5ccc(NS(=O)(=O)O)cc5)cc5c6c(cc([Se]c7ccc(S(=O)(=O)ON)cc7-c7ccc(S(=O)(=O)ON)cc7)c(c7c([Se]c8ccc(S(=O)(=O)ON)cc8-c8ccc(S(=O)(=O)ON)cc8)cc(c2c37)C1=O)c64)C(=O)N(c1c(C(C)C)cccc1C(C)C)C5=O. The Morgan fingerprint density at radius 2 is 0.459 bits per heavy atom. The molecule has 17 rings (SSSR count). The summed E-state index contributed by atoms with van der Waals surface area (Å²) in [6.07, 6.45) is 0. The summed E-state index contributed by atoms with van der Waals surface area (Å²) in [5.74, 6) is 16.4. The van der Waals surface area contributed by atoms with Crippen molar-refractivity contribution < 1.29 is 122 Å². The number of nitrogens with two attached hydrogens (primary N) is 4. The van der Waals surface area contributed by atoms with E-state index in [1.165, 1.54) is 146 Å². The molecule has 4 amide bonds. The zero-order valence-electron chi connectivity index (χ0n) is 76.9. The van der Waals surface area contributed by atoms with E-state index in [2.05, 4.69) is 26.6 Å². The van der Waals surface area contributed by atoms with E-state index in [0.29, 0.717) is 22.3 Å². The molecular weight excluding hydrogens is 2310 g/mol. The number of nitrogens with one attached hydrogen (secondary N) is 4. The fourth-order valence-electron chi connectivity index (χ4n) is 17.9. The third kappa shape index (κ3) is 20.6. The Hall–Kier alpha value is -11.7. The predicted molar refractivity (Wildman–Crippen MR) is 557 cm³/mol. The second-order valence-electron chi connectivity index (χ2n) is 34.6. The van der Waals surface area contributed by atoms with Crippen LogP contribution in [-0.2, 0) is 98.8 Å². The molecule has 50 heteroatoms. The van der Waals surface area contributed by atoms with Crippen LogP contribution in [0, 0.1) is 0 Å². The van der Waals surface area contributed by atoms with Crippen LogP contribution in [0.2, 0.25) is 0 Å². The van der Waals surface area contributed by atoms with Crippen LogP contribution in [0.3, 0.4) is 0 Å². The second kappa shape index (κ2) is 39.7. The number of amides is 4. The first kappa shape index (κ1) is 106. The first-order chi connectivity index (χ1) is 68.6. The van der Waals surface area contributed by atoms with Gasteiger partial charge < -0.3 is 0 Å². The van der Waals surface area contributed by atoms with Gasteiger partial charge in [0.05, 0.1) is 0 Å². The van der Waals surface area contributed by atoms with Crippen molar-refractivity contribution >= 4 is 278 Å². The second-order valence-corrected chi connectivity index (χ2v) is 54.6. The van der Waals surface area contributed by atoms with Gasteiger partial charge in [-0.25, -0.2) is 0 Å². The molecule has 0 saturated heterocycles. The number of hydrogen-bond donors (Lipinski definition) is 12. The van der Waals surface area contributed by atoms with Crippen LogP contribution in [0.4, 0.5) is 34.1 Å². The quantitative estimate of drug-likeness (QED) is 0.00450. The van der Waals surface area contributed by atoms with E-state index < -0.39 is 208 Å². The van der Waals surface area contributed by atoms with E-state index in [1.807, 2.05) is 64.8 Å². The van der Waals surface area contributed by atoms with Gasteiger partial charge in [0, 0.05) is 0 Å². The molecule has 0 fully saturated rings. The Morgan fingerprint density at radius 1 is 0.247 bits per heavy atom. The molecule has 0 aromatic heterocycles. The van der Waals surface area contributed by atoms with Crippen LogP contribution in [0.25, 0.3) is 87.6 Å². The normalized spacial score (nSPS) is 13.6. The van der Waals surface area contributed by atoms with Gasteiger partial charge in [-0.05, 0) is 0 Å². The molecule has 756 valence electrons. The van der Waals surface area contributed by atoms with Gasteiger partial charge in [-0.15, -0.1) is 0 Å². The first-order valence-electron chi connectivity index (χ1n) is 43.2. The van der Waals surface area contributed by atoms with Crippen LogP contribution in [0.15, 0.2) is 250 Å². The Kier molecular flexibility index (Phi) is 28.7. The minimum absolute atomic E-state index is 0.0361. The molecule has 0 unspecified atom stereocenters. The maximum atomic E-state index is 17.6. The fraction of sp³-hybridized carbons (Fsp3) is 0.125. The van der Waals surface area contributed by atoms with Crippen molar-refractivity contribution in [1.82, 2.24) is 0 Å². The summed E-state index contributed by atoms with van der Waals surface area (Å²) in [6, 6.07) is 53.4. The summed E-state index contributed by atoms with van der Waals surface area (Å²) in [5, 5.41) is 0.568. The predicted octanol–water partition coefficient (Wildman–Crippen LogP) is 8.29. The molecule has 2 aliphatic rings. The summed E-state index contributed by atoms with van der Waals surface area (Å²) in [7, 11) is -39.3. The topological polar surface area (TPSA) is 618 Å². The van der Waals surface area contributed by atoms with E-state index in [4.69, 9.17) is 23.6 Å². The number of rotatable bonds is 34. The van der Waals surface area contributed by atoms with Gasteiger partial charge in [-0.1, -0.05) is 0 Å². The van der Waals surface area contributed by atoms with Crippen molar-refractivity contribution in [2.24, 2.45) is 23.6 Å². The molecule has 15 aromatic rings. The molecule has 16 N–H and O–H groups in total. The Bertz CT molecular complexity index is 8530. The molecule has 2 heterocycles. The number of para-hydroxylation sites is 2. The van der Waals surface area contributed by atoms with Gasteiger partial charge in [-0.2, -0.15) is 0 Å². The van der Waals surface area contributed by atoms with Crippen molar-refractivity contribution in [3.8, 4) is 44.5 Å². The van der Waals surface area contributed by atoms with Crippen molar-refractivity contribution in [3.63, 3.8) is 0 Å². The van der Waals surface area contributed by atoms with E-state index in [9.17, 15) is 85.6 Å². The van der Waals surface area contributed by atoms with Gasteiger partial charge in [0.2, 0.25) is 0 Å². The Balaban J connectivity index is 1.15. The Morgan fingerprint density at radius 3 is 0.699 bits per heavy atom. The van der Waals surface area contributed by atoms with Crippen molar-refractivity contribution in [2.45, 2.75) is 98.6 Å². The molecule has 0 saturated carbocycles. The van der Waals surface area contributed by atoms with E-state index in [-0.39, 0.29) is 180 Å². The summed E-state index contributed by atoms with van der Waals surface area (Å²) >= 11 is -5.97. The molecule has 146 heavy (non-hydrogen) atoms. The van der Waals surface area contributed by atoms with Crippen LogP contribution < -0.4 is 88.0 Å². The molecular formula is C96H82N10O28S8Se4. The van der Waals surface area contributed by atoms with Gasteiger partial charge >= 0.3 is 870 Å². The Labute approximate surface area is 862 Å². The molecule has 0 atom stereocenters. The van der Waals surface area contributed by atoms with Crippen molar-refractivity contribution in [3.05, 3.63) is 275 Å². The average Bonchev–Trinajstić information content (AvgIpc) is 0.665. The minimum atomic E-state index is -5.13. The summed E-state index contributed by atoms with van der Waals surface area (Å²) in [4.78, 5) is 70.5. The third-order valence-electron chi connectivity index (χ3n) is 24.1. The average molecular weight is 2400 g/mol. The van der Waals surface area contributed by atoms with Crippen molar-refractivity contribution in [2.75, 3.05) is 28.7 Å². The van der Waals surface area contributed by atoms with Crippen molar-refractivity contribution in [1.29, 1.82) is 0 Å². The first-order valence-corrected chi connectivity index (χ1v) is 61.5. The van der Waals surface area contributed by atoms with E-state index in [0.717, 1.165) is 34.1 Å². The third-order valence-corrected chi connectivity index (χ3v) is 39.9. The summed E-state index contributed by atoms with van der Waals surface area (Å²) in [5.41, 5.74) is 2.01. The number of nitrogens with zero attached hydrogens (tertiary/aromatic N) is 2. The zero-order chi connectivity index (χ0) is 105. The number of benzene rings is 15. The maximum absolute atomic E-state index is 17.6. The monoisotopic (exact) mass is 2400 g/mol. The molecule has 2 aliphatic heterocycles. The van der Waals surface area contributed by atoms with Crippen LogP contribution in [-0.4, -0.2) is 169 Å². The molecule has 0 bridgehead atoms. The van der Waals surface area contributed by atoms with E-state index >= 15 is 19.2 Å². The number of anilines is 6. The summed E-state index contributed by atoms with van der Waals surface area (Å²) in [6.45, 7) is 14.9. The zero-order valence-corrected chi connectivity index (χ0v) is 90.3. The summed E-state index contributed by atoms with van der Waals surface area (Å²) < 4.78 is 282. The van der Waals surface area contributed by atoms with Crippen LogP contribution in [0.1, 0.15) is 143 Å². The van der Waals surface area contributed by atoms with Gasteiger partial charge in [0.1, 0.15) is 0 Å². The fourth-order valence-corrected chi connectivity index (χ4v) is 31.6. The van der Waals surface area contributed by atoms with Crippen LogP contribution in [0.5, 0.6) is 0 Å². The number of hydrogen-bond acceptors (Lipinski definition) is 28. The standard InChI is InChI=1S/C96H82N10O28S8Se4/c1-47(2)63-11-9-12-64(48(3)4)91(63)105-93(107)71-43-79(143-75-35-27-57(103-141(125,126)127)39-67(75)51-15-23-55(24-16-51)101-139(119,120)121)85-86-80(144-76-36-28-58(104-142(128,129)130)40-68(76)52-17-25-56(26-18-52)102-140(122,123)124)44-72-84-74(96(110)106(94(72)108)92-65(49(5)6)13-10-14-66(92)50(7)8)46-82(146-78-38-34-62(138(117,118)134-100)42-70(78)54-21-31-60(32-22-54)136(113,114)132-98)88(90(84)86)87-81(45-73(95(105)109)83(71)89(85)87)145-77-37-33-61(137(115,116)133-99)41-69(77)53-19-29-59(30-20-53)135(111,112)131-97/h9-50,101-104H,97-100H2,1-8H3,(H,119,120,121)(H,122,123,124)(H,125,126,127)(H,128,129,130). The number of carbonyl (C=O) groups excluding carboxylic acids is 4. The molecule has 38 nitrogen and oxygen atoms in total. The molecule has 15 aromatic carbocycles. The molecule has 0 aliphatic carbocycles. The number of fused-ring (bicyclic) bond motifs is 2. The van der Waals surface area contributed by atoms with Gasteiger partial charge in [0.25, 0.3) is 0 Å². The van der Waals surface area contributed by atoms with Crippen LogP contribution >= 0.6 is 0 Å². The number of imide groups is 2. The molecule has 0 spiro atoms. The number of carbonyl (C=O) groups is 4. The van der Waals surface area contributed by atoms with Gasteiger partial charge in [0.15, 0.2) is 0 Å².